The Balaban J connectivity index is 2.17. The maximum Gasteiger partial charge on any atom is 0.0468 e. The van der Waals surface area contributed by atoms with Gasteiger partial charge in [-0.15, -0.1) is 0 Å². The minimum Gasteiger partial charge on any atom is -0.396 e. The highest BCUT2D eigenvalue weighted by Gasteiger charge is 2.30. The van der Waals surface area contributed by atoms with Crippen molar-refractivity contribution in [2.24, 2.45) is 11.3 Å². The summed E-state index contributed by atoms with van der Waals surface area (Å²) in [7, 11) is 0. The SMILES string of the molecule is CC(CO)CNC1CCC(C)(C)C1. The predicted molar refractivity (Wildman–Crippen MR) is 55.7 cm³/mol. The summed E-state index contributed by atoms with van der Waals surface area (Å²) in [6.45, 7) is 8.00. The van der Waals surface area contributed by atoms with Crippen molar-refractivity contribution in [3.8, 4) is 0 Å². The van der Waals surface area contributed by atoms with E-state index in [1.807, 2.05) is 0 Å². The molecule has 0 bridgehead atoms. The highest BCUT2D eigenvalue weighted by atomic mass is 16.3. The summed E-state index contributed by atoms with van der Waals surface area (Å²) < 4.78 is 0. The molecule has 0 spiro atoms. The topological polar surface area (TPSA) is 32.3 Å². The summed E-state index contributed by atoms with van der Waals surface area (Å²) in [6.07, 6.45) is 3.91. The minimum absolute atomic E-state index is 0.295. The summed E-state index contributed by atoms with van der Waals surface area (Å²) in [6, 6.07) is 0.684. The van der Waals surface area contributed by atoms with Gasteiger partial charge in [0.25, 0.3) is 0 Å². The van der Waals surface area contributed by atoms with E-state index in [4.69, 9.17) is 5.11 Å². The fourth-order valence-electron chi connectivity index (χ4n) is 2.04. The van der Waals surface area contributed by atoms with Crippen LogP contribution in [0, 0.1) is 11.3 Å². The van der Waals surface area contributed by atoms with Crippen molar-refractivity contribution in [2.45, 2.75) is 46.1 Å². The monoisotopic (exact) mass is 185 g/mol. The lowest BCUT2D eigenvalue weighted by atomic mass is 9.92. The normalized spacial score (nSPS) is 29.1. The average molecular weight is 185 g/mol. The number of nitrogens with one attached hydrogen (secondary N) is 1. The van der Waals surface area contributed by atoms with E-state index >= 15 is 0 Å². The van der Waals surface area contributed by atoms with Crippen LogP contribution in [0.5, 0.6) is 0 Å². The average Bonchev–Trinajstić information content (AvgIpc) is 2.41. The highest BCUT2D eigenvalue weighted by molar-refractivity contribution is 4.86. The van der Waals surface area contributed by atoms with E-state index in [0.717, 1.165) is 6.54 Å². The minimum atomic E-state index is 0.295. The standard InChI is InChI=1S/C11H23NO/c1-9(8-13)7-12-10-4-5-11(2,3)6-10/h9-10,12-13H,4-8H2,1-3H3. The van der Waals surface area contributed by atoms with Gasteiger partial charge in [-0.25, -0.2) is 0 Å². The summed E-state index contributed by atoms with van der Waals surface area (Å²) in [5.41, 5.74) is 0.528. The van der Waals surface area contributed by atoms with Crippen LogP contribution in [-0.4, -0.2) is 24.3 Å². The van der Waals surface area contributed by atoms with Crippen LogP contribution in [0.25, 0.3) is 0 Å². The molecular weight excluding hydrogens is 162 g/mol. The first-order valence-electron chi connectivity index (χ1n) is 5.38. The highest BCUT2D eigenvalue weighted by Crippen LogP contribution is 2.36. The van der Waals surface area contributed by atoms with Crippen molar-refractivity contribution in [3.05, 3.63) is 0 Å². The van der Waals surface area contributed by atoms with E-state index in [1.165, 1.54) is 19.3 Å². The van der Waals surface area contributed by atoms with Gasteiger partial charge < -0.3 is 10.4 Å². The lowest BCUT2D eigenvalue weighted by Gasteiger charge is -2.19. The molecule has 0 aliphatic heterocycles. The lowest BCUT2D eigenvalue weighted by Crippen LogP contribution is -2.32. The fourth-order valence-corrected chi connectivity index (χ4v) is 2.04. The second kappa shape index (κ2) is 4.43. The van der Waals surface area contributed by atoms with Crippen molar-refractivity contribution < 1.29 is 5.11 Å². The Morgan fingerprint density at radius 2 is 2.23 bits per heavy atom. The first kappa shape index (κ1) is 11.0. The first-order chi connectivity index (χ1) is 6.03. The molecule has 0 amide bonds. The van der Waals surface area contributed by atoms with Gasteiger partial charge in [0.05, 0.1) is 0 Å². The van der Waals surface area contributed by atoms with Gasteiger partial charge in [0.1, 0.15) is 0 Å². The zero-order valence-electron chi connectivity index (χ0n) is 9.14. The third kappa shape index (κ3) is 3.65. The molecule has 0 heterocycles. The third-order valence-electron chi connectivity index (χ3n) is 3.04. The summed E-state index contributed by atoms with van der Waals surface area (Å²) in [5.74, 6) is 0.392. The molecule has 2 heteroatoms. The van der Waals surface area contributed by atoms with Crippen molar-refractivity contribution in [1.82, 2.24) is 5.32 Å². The quantitative estimate of drug-likeness (QED) is 0.700. The van der Waals surface area contributed by atoms with Crippen LogP contribution in [0.4, 0.5) is 0 Å². The Morgan fingerprint density at radius 3 is 2.69 bits per heavy atom. The van der Waals surface area contributed by atoms with Gasteiger partial charge in [-0.1, -0.05) is 20.8 Å². The van der Waals surface area contributed by atoms with Gasteiger partial charge in [0, 0.05) is 19.2 Å². The maximum atomic E-state index is 8.87. The molecule has 0 saturated heterocycles. The zero-order chi connectivity index (χ0) is 9.90. The largest absolute Gasteiger partial charge is 0.396 e. The van der Waals surface area contributed by atoms with E-state index in [2.05, 4.69) is 26.1 Å². The molecule has 78 valence electrons. The fraction of sp³-hybridized carbons (Fsp3) is 1.00. The molecule has 2 N–H and O–H groups in total. The Bertz CT molecular complexity index is 156. The van der Waals surface area contributed by atoms with Gasteiger partial charge in [0.2, 0.25) is 0 Å². The maximum absolute atomic E-state index is 8.87. The summed E-state index contributed by atoms with van der Waals surface area (Å²) in [4.78, 5) is 0. The van der Waals surface area contributed by atoms with E-state index in [9.17, 15) is 0 Å². The van der Waals surface area contributed by atoms with Crippen LogP contribution >= 0.6 is 0 Å². The van der Waals surface area contributed by atoms with Crippen molar-refractivity contribution in [1.29, 1.82) is 0 Å². The van der Waals surface area contributed by atoms with E-state index in [1.54, 1.807) is 0 Å². The molecule has 2 unspecified atom stereocenters. The Labute approximate surface area is 81.7 Å². The molecule has 1 fully saturated rings. The van der Waals surface area contributed by atoms with Crippen LogP contribution in [0.1, 0.15) is 40.0 Å². The van der Waals surface area contributed by atoms with Crippen molar-refractivity contribution in [3.63, 3.8) is 0 Å². The second-order valence-corrected chi connectivity index (χ2v) is 5.30. The lowest BCUT2D eigenvalue weighted by molar-refractivity contribution is 0.229. The Morgan fingerprint density at radius 1 is 1.54 bits per heavy atom. The molecule has 1 aliphatic carbocycles. The van der Waals surface area contributed by atoms with E-state index in [0.29, 0.717) is 24.0 Å². The molecule has 0 aromatic heterocycles. The molecule has 0 aromatic rings. The van der Waals surface area contributed by atoms with E-state index in [-0.39, 0.29) is 0 Å². The smallest absolute Gasteiger partial charge is 0.0468 e. The van der Waals surface area contributed by atoms with Gasteiger partial charge in [0.15, 0.2) is 0 Å². The Hall–Kier alpha value is -0.0800. The number of rotatable bonds is 4. The number of hydrogen-bond acceptors (Lipinski definition) is 2. The molecule has 0 radical (unpaired) electrons. The van der Waals surface area contributed by atoms with Gasteiger partial charge in [-0.05, 0) is 30.6 Å². The number of aliphatic hydroxyl groups excluding tert-OH is 1. The third-order valence-corrected chi connectivity index (χ3v) is 3.04. The second-order valence-electron chi connectivity index (χ2n) is 5.30. The van der Waals surface area contributed by atoms with Crippen LogP contribution in [-0.2, 0) is 0 Å². The molecule has 2 nitrogen and oxygen atoms in total. The number of aliphatic hydroxyl groups is 1. The van der Waals surface area contributed by atoms with Crippen LogP contribution in [0.2, 0.25) is 0 Å². The van der Waals surface area contributed by atoms with Crippen molar-refractivity contribution >= 4 is 0 Å². The van der Waals surface area contributed by atoms with Crippen LogP contribution in [0.15, 0.2) is 0 Å². The molecule has 2 atom stereocenters. The molecule has 1 rings (SSSR count). The molecule has 0 aromatic carbocycles. The molecule has 13 heavy (non-hydrogen) atoms. The summed E-state index contributed by atoms with van der Waals surface area (Å²) >= 11 is 0. The Kier molecular flexibility index (Phi) is 3.74. The van der Waals surface area contributed by atoms with Gasteiger partial charge >= 0.3 is 0 Å². The van der Waals surface area contributed by atoms with Crippen LogP contribution in [0.3, 0.4) is 0 Å². The molecule has 1 saturated carbocycles. The zero-order valence-corrected chi connectivity index (χ0v) is 9.14. The molecule has 1 aliphatic rings. The van der Waals surface area contributed by atoms with E-state index < -0.39 is 0 Å². The molecular formula is C11H23NO. The van der Waals surface area contributed by atoms with Crippen LogP contribution < -0.4 is 5.32 Å². The van der Waals surface area contributed by atoms with Crippen molar-refractivity contribution in [2.75, 3.05) is 13.2 Å². The van der Waals surface area contributed by atoms with Gasteiger partial charge in [-0.2, -0.15) is 0 Å². The van der Waals surface area contributed by atoms with Gasteiger partial charge in [-0.3, -0.25) is 0 Å². The summed E-state index contributed by atoms with van der Waals surface area (Å²) in [5, 5.41) is 12.4. The number of hydrogen-bond donors (Lipinski definition) is 2. The predicted octanol–water partition coefficient (Wildman–Crippen LogP) is 1.78. The first-order valence-corrected chi connectivity index (χ1v) is 5.38.